The van der Waals surface area contributed by atoms with Crippen molar-refractivity contribution in [1.82, 2.24) is 4.90 Å². The number of hydrogen-bond donors (Lipinski definition) is 1. The topological polar surface area (TPSA) is 29.3 Å². The summed E-state index contributed by atoms with van der Waals surface area (Å²) in [6.07, 6.45) is 2.50. The van der Waals surface area contributed by atoms with E-state index >= 15 is 0 Å². The van der Waals surface area contributed by atoms with Crippen LogP contribution in [0.5, 0.6) is 0 Å². The standard InChI is InChI=1S/C11H26N2/c1-9(2)6-11(13(4)5)7-10(3)8-12/h9-11H,6-8,12H2,1-5H3. The molecule has 0 rings (SSSR count). The lowest BCUT2D eigenvalue weighted by atomic mass is 9.94. The highest BCUT2D eigenvalue weighted by Crippen LogP contribution is 2.16. The first kappa shape index (κ1) is 12.9. The summed E-state index contributed by atoms with van der Waals surface area (Å²) in [6.45, 7) is 7.60. The van der Waals surface area contributed by atoms with E-state index in [0.29, 0.717) is 12.0 Å². The molecule has 13 heavy (non-hydrogen) atoms. The first-order valence-corrected chi connectivity index (χ1v) is 5.33. The molecule has 2 heteroatoms. The van der Waals surface area contributed by atoms with E-state index in [9.17, 15) is 0 Å². The number of hydrogen-bond acceptors (Lipinski definition) is 2. The van der Waals surface area contributed by atoms with Gasteiger partial charge >= 0.3 is 0 Å². The van der Waals surface area contributed by atoms with Gasteiger partial charge in [0.2, 0.25) is 0 Å². The fraction of sp³-hybridized carbons (Fsp3) is 1.00. The third-order valence-corrected chi connectivity index (χ3v) is 2.55. The highest BCUT2D eigenvalue weighted by atomic mass is 15.1. The zero-order valence-electron chi connectivity index (χ0n) is 9.88. The molecule has 2 nitrogen and oxygen atoms in total. The van der Waals surface area contributed by atoms with Gasteiger partial charge in [0, 0.05) is 6.04 Å². The smallest absolute Gasteiger partial charge is 0.00946 e. The Morgan fingerprint density at radius 2 is 1.62 bits per heavy atom. The van der Waals surface area contributed by atoms with Gasteiger partial charge in [0.25, 0.3) is 0 Å². The molecule has 2 unspecified atom stereocenters. The molecule has 0 bridgehead atoms. The van der Waals surface area contributed by atoms with Crippen molar-refractivity contribution in [3.8, 4) is 0 Å². The minimum atomic E-state index is 0.645. The van der Waals surface area contributed by atoms with Crippen LogP contribution in [0.1, 0.15) is 33.6 Å². The lowest BCUT2D eigenvalue weighted by molar-refractivity contribution is 0.219. The molecular formula is C11H26N2. The van der Waals surface area contributed by atoms with Gasteiger partial charge in [-0.05, 0) is 45.3 Å². The van der Waals surface area contributed by atoms with E-state index in [1.807, 2.05) is 0 Å². The Bertz CT molecular complexity index is 121. The Morgan fingerprint density at radius 3 is 1.92 bits per heavy atom. The van der Waals surface area contributed by atoms with Gasteiger partial charge in [-0.3, -0.25) is 0 Å². The van der Waals surface area contributed by atoms with Crippen LogP contribution in [0.4, 0.5) is 0 Å². The van der Waals surface area contributed by atoms with E-state index in [1.165, 1.54) is 12.8 Å². The lowest BCUT2D eigenvalue weighted by Gasteiger charge is -2.28. The quantitative estimate of drug-likeness (QED) is 0.687. The second-order valence-corrected chi connectivity index (χ2v) is 4.82. The van der Waals surface area contributed by atoms with Gasteiger partial charge in [0.15, 0.2) is 0 Å². The summed E-state index contributed by atoms with van der Waals surface area (Å²) in [5, 5.41) is 0. The molecule has 0 aliphatic heterocycles. The van der Waals surface area contributed by atoms with E-state index < -0.39 is 0 Å². The zero-order valence-corrected chi connectivity index (χ0v) is 9.88. The molecule has 0 aliphatic rings. The minimum absolute atomic E-state index is 0.645. The van der Waals surface area contributed by atoms with Gasteiger partial charge in [-0.25, -0.2) is 0 Å². The number of rotatable bonds is 6. The molecule has 2 N–H and O–H groups in total. The number of nitrogens with two attached hydrogens (primary N) is 1. The minimum Gasteiger partial charge on any atom is -0.330 e. The van der Waals surface area contributed by atoms with Crippen molar-refractivity contribution < 1.29 is 0 Å². The Morgan fingerprint density at radius 1 is 1.08 bits per heavy atom. The van der Waals surface area contributed by atoms with E-state index in [0.717, 1.165) is 12.5 Å². The molecule has 2 atom stereocenters. The maximum absolute atomic E-state index is 5.63. The Kier molecular flexibility index (Phi) is 6.35. The molecule has 0 aromatic rings. The Balaban J connectivity index is 3.94. The molecule has 0 spiro atoms. The maximum atomic E-state index is 5.63. The third kappa shape index (κ3) is 6.05. The molecule has 0 heterocycles. The van der Waals surface area contributed by atoms with Crippen LogP contribution in [-0.2, 0) is 0 Å². The predicted octanol–water partition coefficient (Wildman–Crippen LogP) is 1.95. The highest BCUT2D eigenvalue weighted by molar-refractivity contribution is 4.71. The van der Waals surface area contributed by atoms with Crippen LogP contribution in [0.15, 0.2) is 0 Å². The third-order valence-electron chi connectivity index (χ3n) is 2.55. The van der Waals surface area contributed by atoms with E-state index in [-0.39, 0.29) is 0 Å². The predicted molar refractivity (Wildman–Crippen MR) is 59.8 cm³/mol. The van der Waals surface area contributed by atoms with Crippen molar-refractivity contribution in [3.63, 3.8) is 0 Å². The summed E-state index contributed by atoms with van der Waals surface area (Å²) in [6, 6.07) is 0.693. The lowest BCUT2D eigenvalue weighted by Crippen LogP contribution is -2.32. The van der Waals surface area contributed by atoms with Crippen molar-refractivity contribution in [2.24, 2.45) is 17.6 Å². The Labute approximate surface area is 83.5 Å². The Hall–Kier alpha value is -0.0800. The summed E-state index contributed by atoms with van der Waals surface area (Å²) < 4.78 is 0. The first-order valence-electron chi connectivity index (χ1n) is 5.33. The van der Waals surface area contributed by atoms with Crippen LogP contribution in [0.3, 0.4) is 0 Å². The van der Waals surface area contributed by atoms with Crippen LogP contribution >= 0.6 is 0 Å². The van der Waals surface area contributed by atoms with Crippen molar-refractivity contribution in [2.45, 2.75) is 39.7 Å². The van der Waals surface area contributed by atoms with Gasteiger partial charge in [-0.1, -0.05) is 20.8 Å². The summed E-state index contributed by atoms with van der Waals surface area (Å²) in [5.41, 5.74) is 5.63. The molecule has 0 saturated heterocycles. The largest absolute Gasteiger partial charge is 0.330 e. The van der Waals surface area contributed by atoms with Crippen LogP contribution in [-0.4, -0.2) is 31.6 Å². The molecule has 0 saturated carbocycles. The van der Waals surface area contributed by atoms with Gasteiger partial charge < -0.3 is 10.6 Å². The fourth-order valence-corrected chi connectivity index (χ4v) is 1.62. The normalized spacial score (nSPS) is 16.6. The molecule has 0 amide bonds. The zero-order chi connectivity index (χ0) is 10.4. The van der Waals surface area contributed by atoms with Crippen LogP contribution in [0.25, 0.3) is 0 Å². The van der Waals surface area contributed by atoms with Gasteiger partial charge in [0.05, 0.1) is 0 Å². The van der Waals surface area contributed by atoms with Gasteiger partial charge in [-0.15, -0.1) is 0 Å². The average Bonchev–Trinajstić information content (AvgIpc) is 2.02. The van der Waals surface area contributed by atoms with Crippen LogP contribution < -0.4 is 5.73 Å². The van der Waals surface area contributed by atoms with E-state index in [2.05, 4.69) is 39.8 Å². The van der Waals surface area contributed by atoms with E-state index in [1.54, 1.807) is 0 Å². The van der Waals surface area contributed by atoms with Crippen molar-refractivity contribution >= 4 is 0 Å². The molecule has 0 fully saturated rings. The summed E-state index contributed by atoms with van der Waals surface area (Å²) in [5.74, 6) is 1.42. The van der Waals surface area contributed by atoms with Crippen LogP contribution in [0, 0.1) is 11.8 Å². The number of nitrogens with zero attached hydrogens (tertiary/aromatic N) is 1. The summed E-state index contributed by atoms with van der Waals surface area (Å²) in [7, 11) is 4.33. The highest BCUT2D eigenvalue weighted by Gasteiger charge is 2.15. The molecular weight excluding hydrogens is 160 g/mol. The van der Waals surface area contributed by atoms with E-state index in [4.69, 9.17) is 5.73 Å². The average molecular weight is 186 g/mol. The fourth-order valence-electron chi connectivity index (χ4n) is 1.62. The van der Waals surface area contributed by atoms with Gasteiger partial charge in [0.1, 0.15) is 0 Å². The second kappa shape index (κ2) is 6.39. The van der Waals surface area contributed by atoms with Crippen molar-refractivity contribution in [3.05, 3.63) is 0 Å². The molecule has 80 valence electrons. The molecule has 0 aromatic carbocycles. The maximum Gasteiger partial charge on any atom is 0.00946 e. The first-order chi connectivity index (χ1) is 5.97. The molecule has 0 radical (unpaired) electrons. The second-order valence-electron chi connectivity index (χ2n) is 4.82. The van der Waals surface area contributed by atoms with Crippen LogP contribution in [0.2, 0.25) is 0 Å². The van der Waals surface area contributed by atoms with Gasteiger partial charge in [-0.2, -0.15) is 0 Å². The summed E-state index contributed by atoms with van der Waals surface area (Å²) >= 11 is 0. The SMILES string of the molecule is CC(C)CC(CC(C)CN)N(C)C. The summed E-state index contributed by atoms with van der Waals surface area (Å²) in [4.78, 5) is 2.33. The molecule has 0 aliphatic carbocycles. The van der Waals surface area contributed by atoms with Crippen molar-refractivity contribution in [1.29, 1.82) is 0 Å². The van der Waals surface area contributed by atoms with Crippen molar-refractivity contribution in [2.75, 3.05) is 20.6 Å². The monoisotopic (exact) mass is 186 g/mol. The molecule has 0 aromatic heterocycles.